The van der Waals surface area contributed by atoms with Crippen LogP contribution in [0.3, 0.4) is 0 Å². The zero-order valence-corrected chi connectivity index (χ0v) is 17.0. The van der Waals surface area contributed by atoms with Crippen molar-refractivity contribution in [2.75, 3.05) is 6.54 Å². The lowest BCUT2D eigenvalue weighted by atomic mass is 9.48. The highest BCUT2D eigenvalue weighted by Crippen LogP contribution is 2.39. The van der Waals surface area contributed by atoms with Gasteiger partial charge in [-0.15, -0.1) is 0 Å². The molecule has 1 N–H and O–H groups in total. The molecule has 0 aromatic rings. The summed E-state index contributed by atoms with van der Waals surface area (Å²) in [6.07, 6.45) is 27.0. The van der Waals surface area contributed by atoms with E-state index in [9.17, 15) is 0 Å². The lowest BCUT2D eigenvalue weighted by Crippen LogP contribution is -2.39. The van der Waals surface area contributed by atoms with Crippen molar-refractivity contribution in [1.29, 1.82) is 0 Å². The first-order valence-electron chi connectivity index (χ1n) is 12.1. The Kier molecular flexibility index (Phi) is 9.24. The summed E-state index contributed by atoms with van der Waals surface area (Å²) < 4.78 is 0. The highest BCUT2D eigenvalue weighted by atomic mass is 14.9. The Bertz CT molecular complexity index is 345. The van der Waals surface area contributed by atoms with Crippen molar-refractivity contribution < 1.29 is 0 Å². The molecule has 2 saturated heterocycles. The molecule has 0 aromatic heterocycles. The second-order valence-corrected chi connectivity index (χ2v) is 9.71. The Morgan fingerprint density at radius 3 is 1.88 bits per heavy atom. The van der Waals surface area contributed by atoms with Crippen LogP contribution in [0.15, 0.2) is 0 Å². The van der Waals surface area contributed by atoms with Gasteiger partial charge in [-0.2, -0.15) is 0 Å². The van der Waals surface area contributed by atoms with Crippen molar-refractivity contribution in [3.8, 4) is 0 Å². The first kappa shape index (κ1) is 19.8. The second kappa shape index (κ2) is 11.7. The van der Waals surface area contributed by atoms with Crippen LogP contribution in [-0.4, -0.2) is 19.9 Å². The number of hydrogen-bond acceptors (Lipinski definition) is 1. The van der Waals surface area contributed by atoms with Crippen molar-refractivity contribution in [2.24, 2.45) is 5.92 Å². The van der Waals surface area contributed by atoms with Gasteiger partial charge in [0.1, 0.15) is 7.28 Å². The summed E-state index contributed by atoms with van der Waals surface area (Å²) in [6, 6.07) is 0.840. The minimum absolute atomic E-state index is 0.840. The molecular weight excluding hydrogens is 301 g/mol. The van der Waals surface area contributed by atoms with Crippen LogP contribution in [0.2, 0.25) is 11.6 Å². The van der Waals surface area contributed by atoms with E-state index in [2.05, 4.69) is 5.32 Å². The molecule has 144 valence electrons. The fraction of sp³-hybridized carbons (Fsp3) is 1.00. The van der Waals surface area contributed by atoms with Crippen LogP contribution in [0.5, 0.6) is 0 Å². The monoisotopic (exact) mass is 345 g/mol. The largest absolute Gasteiger partial charge is 0.314 e. The Morgan fingerprint density at radius 1 is 0.520 bits per heavy atom. The van der Waals surface area contributed by atoms with E-state index < -0.39 is 0 Å². The summed E-state index contributed by atoms with van der Waals surface area (Å²) in [5.74, 6) is 3.07. The summed E-state index contributed by atoms with van der Waals surface area (Å²) in [5.41, 5.74) is 0. The van der Waals surface area contributed by atoms with Crippen molar-refractivity contribution in [2.45, 2.75) is 133 Å². The smallest absolute Gasteiger partial charge is 0.127 e. The van der Waals surface area contributed by atoms with Crippen LogP contribution >= 0.6 is 0 Å². The van der Waals surface area contributed by atoms with E-state index in [1.165, 1.54) is 109 Å². The molecule has 2 aliphatic heterocycles. The maximum atomic E-state index is 4.07. The number of rotatable bonds is 0. The molecule has 1 saturated carbocycles. The van der Waals surface area contributed by atoms with E-state index in [1.807, 2.05) is 0 Å². The third kappa shape index (κ3) is 7.27. The van der Waals surface area contributed by atoms with E-state index in [0.29, 0.717) is 0 Å². The van der Waals surface area contributed by atoms with Crippen molar-refractivity contribution >= 4 is 7.28 Å². The predicted molar refractivity (Wildman–Crippen MR) is 113 cm³/mol. The Hall–Kier alpha value is 0.0249. The lowest BCUT2D eigenvalue weighted by molar-refractivity contribution is 0.272. The topological polar surface area (TPSA) is 12.0 Å². The number of nitrogens with one attached hydrogen (secondary N) is 1. The van der Waals surface area contributed by atoms with Gasteiger partial charge in [-0.1, -0.05) is 108 Å². The average molecular weight is 345 g/mol. The van der Waals surface area contributed by atoms with Crippen LogP contribution in [0, 0.1) is 5.92 Å². The van der Waals surface area contributed by atoms with E-state index in [1.54, 1.807) is 20.1 Å². The maximum absolute atomic E-state index is 4.07. The molecule has 1 aliphatic carbocycles. The van der Waals surface area contributed by atoms with Gasteiger partial charge < -0.3 is 5.32 Å². The quantitative estimate of drug-likeness (QED) is 0.485. The van der Waals surface area contributed by atoms with Crippen LogP contribution < -0.4 is 5.32 Å². The van der Waals surface area contributed by atoms with E-state index in [0.717, 1.165) is 23.6 Å². The van der Waals surface area contributed by atoms with Gasteiger partial charge in [-0.3, -0.25) is 0 Å². The number of hydrogen-bond donors (Lipinski definition) is 1. The predicted octanol–water partition coefficient (Wildman–Crippen LogP) is 6.64. The molecule has 3 aliphatic rings. The summed E-state index contributed by atoms with van der Waals surface area (Å²) in [6.45, 7) is 1.29. The summed E-state index contributed by atoms with van der Waals surface area (Å²) in [4.78, 5) is 0. The summed E-state index contributed by atoms with van der Waals surface area (Å²) >= 11 is 0. The molecular formula is C23H44BN. The zero-order valence-electron chi connectivity index (χ0n) is 17.0. The molecule has 1 nitrogen and oxygen atoms in total. The molecule has 2 heteroatoms. The maximum Gasteiger partial charge on any atom is 0.127 e. The van der Waals surface area contributed by atoms with Crippen LogP contribution in [0.1, 0.15) is 116 Å². The molecule has 0 radical (unpaired) electrons. The van der Waals surface area contributed by atoms with Gasteiger partial charge >= 0.3 is 0 Å². The Morgan fingerprint density at radius 2 is 1.12 bits per heavy atom. The second-order valence-electron chi connectivity index (χ2n) is 9.71. The van der Waals surface area contributed by atoms with Gasteiger partial charge in [0.15, 0.2) is 0 Å². The third-order valence-corrected chi connectivity index (χ3v) is 7.64. The lowest BCUT2D eigenvalue weighted by Gasteiger charge is -2.36. The molecule has 3 fully saturated rings. The van der Waals surface area contributed by atoms with Gasteiger partial charge in [-0.25, -0.2) is 0 Å². The van der Waals surface area contributed by atoms with Crippen LogP contribution in [-0.2, 0) is 0 Å². The van der Waals surface area contributed by atoms with Crippen molar-refractivity contribution in [3.05, 3.63) is 0 Å². The summed E-state index contributed by atoms with van der Waals surface area (Å²) in [7, 11) is 1.57. The van der Waals surface area contributed by atoms with Crippen LogP contribution in [0.4, 0.5) is 0 Å². The standard InChI is InChI=1S/C23H44BN/c1-2-7-11-15-22-19-20(13-9-5-1)23-17-16-21(24-22)14-10-6-3-4-8-12-18-25-23/h20-25H,1-19H2/t20?,21-,22+,23?/m1/s1. The summed E-state index contributed by atoms with van der Waals surface area (Å²) in [5, 5.41) is 4.07. The Balaban J connectivity index is 1.68. The fourth-order valence-electron chi connectivity index (χ4n) is 6.11. The van der Waals surface area contributed by atoms with Crippen LogP contribution in [0.25, 0.3) is 0 Å². The molecule has 2 unspecified atom stereocenters. The average Bonchev–Trinajstić information content (AvgIpc) is 2.64. The molecule has 0 spiro atoms. The molecule has 2 heterocycles. The van der Waals surface area contributed by atoms with E-state index in [4.69, 9.17) is 0 Å². The number of fused-ring (bicyclic) bond motifs is 6. The van der Waals surface area contributed by atoms with E-state index in [-0.39, 0.29) is 0 Å². The fourth-order valence-corrected chi connectivity index (χ4v) is 6.11. The van der Waals surface area contributed by atoms with Gasteiger partial charge in [0.05, 0.1) is 0 Å². The molecule has 3 rings (SSSR count). The van der Waals surface area contributed by atoms with Gasteiger partial charge in [0.2, 0.25) is 0 Å². The minimum Gasteiger partial charge on any atom is -0.314 e. The highest BCUT2D eigenvalue weighted by molar-refractivity contribution is 6.39. The van der Waals surface area contributed by atoms with Crippen molar-refractivity contribution in [1.82, 2.24) is 5.32 Å². The molecule has 25 heavy (non-hydrogen) atoms. The first-order chi connectivity index (χ1) is 12.4. The molecule has 0 amide bonds. The van der Waals surface area contributed by atoms with Crippen molar-refractivity contribution in [3.63, 3.8) is 0 Å². The highest BCUT2D eigenvalue weighted by Gasteiger charge is 2.30. The van der Waals surface area contributed by atoms with E-state index >= 15 is 0 Å². The molecule has 4 atom stereocenters. The Labute approximate surface area is 158 Å². The zero-order chi connectivity index (χ0) is 17.2. The normalized spacial score (nSPS) is 37.1. The SMILES string of the molecule is B1[C@@H]2CCCCCCCCNC(CC2)C2CCCCCCCC[C@H]1C2. The van der Waals surface area contributed by atoms with Gasteiger partial charge in [0, 0.05) is 6.04 Å². The molecule has 0 aromatic carbocycles. The minimum atomic E-state index is 0.840. The third-order valence-electron chi connectivity index (χ3n) is 7.64. The first-order valence-corrected chi connectivity index (χ1v) is 12.1. The van der Waals surface area contributed by atoms with Gasteiger partial charge in [0.25, 0.3) is 0 Å². The molecule has 4 bridgehead atoms. The van der Waals surface area contributed by atoms with Gasteiger partial charge in [-0.05, 0) is 31.7 Å².